The van der Waals surface area contributed by atoms with Crippen molar-refractivity contribution in [2.24, 2.45) is 0 Å². The van der Waals surface area contributed by atoms with Gasteiger partial charge in [-0.05, 0) is 61.0 Å². The molecule has 3 aromatic rings. The van der Waals surface area contributed by atoms with Gasteiger partial charge < -0.3 is 10.1 Å². The first kappa shape index (κ1) is 22.3. The van der Waals surface area contributed by atoms with Gasteiger partial charge in [-0.1, -0.05) is 30.3 Å². The predicted octanol–water partition coefficient (Wildman–Crippen LogP) is 3.74. The van der Waals surface area contributed by atoms with Crippen LogP contribution in [-0.2, 0) is 21.4 Å². The highest BCUT2D eigenvalue weighted by molar-refractivity contribution is 7.92. The second kappa shape index (κ2) is 10.1. The maximum absolute atomic E-state index is 13.4. The van der Waals surface area contributed by atoms with Crippen LogP contribution in [0.1, 0.15) is 12.5 Å². The monoisotopic (exact) mass is 442 g/mol. The van der Waals surface area contributed by atoms with E-state index >= 15 is 0 Å². The summed E-state index contributed by atoms with van der Waals surface area (Å²) < 4.78 is 46.3. The molecular formula is C23H23FN2O4S. The zero-order valence-electron chi connectivity index (χ0n) is 17.0. The summed E-state index contributed by atoms with van der Waals surface area (Å²) >= 11 is 0. The van der Waals surface area contributed by atoms with Gasteiger partial charge in [0.05, 0.1) is 17.2 Å². The van der Waals surface area contributed by atoms with E-state index in [2.05, 4.69) is 5.32 Å². The minimum atomic E-state index is -4.08. The van der Waals surface area contributed by atoms with Gasteiger partial charge in [-0.15, -0.1) is 0 Å². The molecule has 162 valence electrons. The molecule has 3 aromatic carbocycles. The standard InChI is InChI=1S/C23H23FN2O4S/c1-2-30-21-12-14-22(15-13-21)31(28,29)26(20-10-8-19(24)9-11-20)17-23(27)25-16-18-6-4-3-5-7-18/h3-15H,2,16-17H2,1H3,(H,25,27). The highest BCUT2D eigenvalue weighted by Gasteiger charge is 2.27. The Labute approximate surface area is 181 Å². The van der Waals surface area contributed by atoms with Crippen LogP contribution in [0.3, 0.4) is 0 Å². The Kier molecular flexibility index (Phi) is 7.25. The summed E-state index contributed by atoms with van der Waals surface area (Å²) in [5, 5.41) is 2.72. The number of carbonyl (C=O) groups is 1. The van der Waals surface area contributed by atoms with Crippen molar-refractivity contribution in [1.29, 1.82) is 0 Å². The fourth-order valence-electron chi connectivity index (χ4n) is 2.91. The average Bonchev–Trinajstić information content (AvgIpc) is 2.78. The van der Waals surface area contributed by atoms with Crippen LogP contribution >= 0.6 is 0 Å². The van der Waals surface area contributed by atoms with Crippen LogP contribution in [-0.4, -0.2) is 27.5 Å². The Morgan fingerprint density at radius 1 is 0.968 bits per heavy atom. The lowest BCUT2D eigenvalue weighted by Gasteiger charge is -2.24. The predicted molar refractivity (Wildman–Crippen MR) is 117 cm³/mol. The van der Waals surface area contributed by atoms with Gasteiger partial charge in [0.25, 0.3) is 10.0 Å². The number of nitrogens with zero attached hydrogens (tertiary/aromatic N) is 1. The minimum Gasteiger partial charge on any atom is -0.494 e. The van der Waals surface area contributed by atoms with Gasteiger partial charge in [0.2, 0.25) is 5.91 Å². The number of nitrogens with one attached hydrogen (secondary N) is 1. The third-order valence-electron chi connectivity index (χ3n) is 4.46. The van der Waals surface area contributed by atoms with Gasteiger partial charge in [-0.3, -0.25) is 9.10 Å². The van der Waals surface area contributed by atoms with Crippen molar-refractivity contribution in [3.63, 3.8) is 0 Å². The topological polar surface area (TPSA) is 75.7 Å². The highest BCUT2D eigenvalue weighted by atomic mass is 32.2. The summed E-state index contributed by atoms with van der Waals surface area (Å²) in [6, 6.07) is 20.2. The Morgan fingerprint density at radius 2 is 1.61 bits per heavy atom. The smallest absolute Gasteiger partial charge is 0.264 e. The summed E-state index contributed by atoms with van der Waals surface area (Å²) in [5.74, 6) is -0.450. The van der Waals surface area contributed by atoms with E-state index in [4.69, 9.17) is 4.74 Å². The zero-order chi connectivity index (χ0) is 22.3. The molecule has 0 atom stereocenters. The zero-order valence-corrected chi connectivity index (χ0v) is 17.8. The summed E-state index contributed by atoms with van der Waals surface area (Å²) in [6.07, 6.45) is 0. The van der Waals surface area contributed by atoms with Gasteiger partial charge in [0, 0.05) is 6.54 Å². The van der Waals surface area contributed by atoms with Crippen molar-refractivity contribution in [2.45, 2.75) is 18.4 Å². The first-order chi connectivity index (χ1) is 14.9. The molecule has 0 unspecified atom stereocenters. The van der Waals surface area contributed by atoms with Crippen LogP contribution in [0.2, 0.25) is 0 Å². The first-order valence-corrected chi connectivity index (χ1v) is 11.2. The lowest BCUT2D eigenvalue weighted by molar-refractivity contribution is -0.119. The first-order valence-electron chi connectivity index (χ1n) is 9.72. The molecule has 0 saturated heterocycles. The molecule has 1 N–H and O–H groups in total. The Morgan fingerprint density at radius 3 is 2.23 bits per heavy atom. The quantitative estimate of drug-likeness (QED) is 0.548. The third-order valence-corrected chi connectivity index (χ3v) is 6.25. The van der Waals surface area contributed by atoms with E-state index in [1.807, 2.05) is 37.3 Å². The fraction of sp³-hybridized carbons (Fsp3) is 0.174. The van der Waals surface area contributed by atoms with E-state index in [0.29, 0.717) is 12.4 Å². The average molecular weight is 443 g/mol. The Hall–Kier alpha value is -3.39. The molecule has 0 heterocycles. The minimum absolute atomic E-state index is 0.00358. The SMILES string of the molecule is CCOc1ccc(S(=O)(=O)N(CC(=O)NCc2ccccc2)c2ccc(F)cc2)cc1. The molecule has 0 radical (unpaired) electrons. The molecule has 0 spiro atoms. The van der Waals surface area contributed by atoms with Gasteiger partial charge in [-0.2, -0.15) is 0 Å². The number of sulfonamides is 1. The number of halogens is 1. The van der Waals surface area contributed by atoms with Crippen molar-refractivity contribution < 1.29 is 22.3 Å². The molecule has 6 nitrogen and oxygen atoms in total. The number of rotatable bonds is 9. The maximum Gasteiger partial charge on any atom is 0.264 e. The van der Waals surface area contributed by atoms with Crippen LogP contribution in [0.15, 0.2) is 83.8 Å². The summed E-state index contributed by atoms with van der Waals surface area (Å²) in [6.45, 7) is 2.10. The molecule has 0 aliphatic heterocycles. The number of carbonyl (C=O) groups excluding carboxylic acids is 1. The molecule has 1 amide bonds. The lowest BCUT2D eigenvalue weighted by Crippen LogP contribution is -2.40. The van der Waals surface area contributed by atoms with Crippen molar-refractivity contribution in [3.8, 4) is 5.75 Å². The van der Waals surface area contributed by atoms with Crippen LogP contribution in [0.25, 0.3) is 0 Å². The lowest BCUT2D eigenvalue weighted by atomic mass is 10.2. The van der Waals surface area contributed by atoms with Crippen LogP contribution in [0, 0.1) is 5.82 Å². The maximum atomic E-state index is 13.4. The van der Waals surface area contributed by atoms with Gasteiger partial charge in [0.1, 0.15) is 18.1 Å². The van der Waals surface area contributed by atoms with Gasteiger partial charge in [0.15, 0.2) is 0 Å². The summed E-state index contributed by atoms with van der Waals surface area (Å²) in [7, 11) is -4.08. The van der Waals surface area contributed by atoms with E-state index in [9.17, 15) is 17.6 Å². The van der Waals surface area contributed by atoms with Crippen LogP contribution < -0.4 is 14.4 Å². The van der Waals surface area contributed by atoms with Gasteiger partial charge >= 0.3 is 0 Å². The van der Waals surface area contributed by atoms with Gasteiger partial charge in [-0.25, -0.2) is 12.8 Å². The number of amides is 1. The fourth-order valence-corrected chi connectivity index (χ4v) is 4.33. The van der Waals surface area contributed by atoms with E-state index in [1.54, 1.807) is 12.1 Å². The molecule has 0 aliphatic carbocycles. The molecule has 0 fully saturated rings. The molecule has 31 heavy (non-hydrogen) atoms. The van der Waals surface area contributed by atoms with E-state index in [-0.39, 0.29) is 17.1 Å². The van der Waals surface area contributed by atoms with E-state index in [1.165, 1.54) is 24.3 Å². The van der Waals surface area contributed by atoms with Crippen molar-refractivity contribution in [1.82, 2.24) is 5.32 Å². The number of ether oxygens (including phenoxy) is 1. The number of hydrogen-bond donors (Lipinski definition) is 1. The van der Waals surface area contributed by atoms with E-state index in [0.717, 1.165) is 22.0 Å². The molecule has 0 saturated carbocycles. The third kappa shape index (κ3) is 5.82. The largest absolute Gasteiger partial charge is 0.494 e. The number of benzene rings is 3. The highest BCUT2D eigenvalue weighted by Crippen LogP contribution is 2.25. The van der Waals surface area contributed by atoms with Crippen molar-refractivity contribution >= 4 is 21.6 Å². The second-order valence-corrected chi connectivity index (χ2v) is 8.52. The number of anilines is 1. The molecular weight excluding hydrogens is 419 g/mol. The normalized spacial score (nSPS) is 11.0. The Balaban J connectivity index is 1.85. The van der Waals surface area contributed by atoms with Crippen LogP contribution in [0.5, 0.6) is 5.75 Å². The second-order valence-electron chi connectivity index (χ2n) is 6.65. The van der Waals surface area contributed by atoms with Crippen LogP contribution in [0.4, 0.5) is 10.1 Å². The molecule has 0 bridgehead atoms. The van der Waals surface area contributed by atoms with Crippen molar-refractivity contribution in [2.75, 3.05) is 17.5 Å². The van der Waals surface area contributed by atoms with Crippen molar-refractivity contribution in [3.05, 3.63) is 90.2 Å². The molecule has 0 aromatic heterocycles. The number of hydrogen-bond acceptors (Lipinski definition) is 4. The molecule has 8 heteroatoms. The summed E-state index contributed by atoms with van der Waals surface area (Å²) in [4.78, 5) is 12.6. The Bertz CT molecular complexity index is 1100. The molecule has 0 aliphatic rings. The molecule has 3 rings (SSSR count). The van der Waals surface area contributed by atoms with E-state index < -0.39 is 28.3 Å². The summed E-state index contributed by atoms with van der Waals surface area (Å²) in [5.41, 5.74) is 1.07.